The van der Waals surface area contributed by atoms with Gasteiger partial charge in [0.2, 0.25) is 0 Å². The Hall–Kier alpha value is -1.07. The summed E-state index contributed by atoms with van der Waals surface area (Å²) in [5, 5.41) is 3.21. The van der Waals surface area contributed by atoms with Crippen molar-refractivity contribution in [2.24, 2.45) is 5.73 Å². The monoisotopic (exact) mass is 240 g/mol. The molecule has 1 aliphatic heterocycles. The van der Waals surface area contributed by atoms with Crippen LogP contribution in [0.3, 0.4) is 0 Å². The van der Waals surface area contributed by atoms with Gasteiger partial charge in [0, 0.05) is 6.54 Å². The van der Waals surface area contributed by atoms with Crippen molar-refractivity contribution in [1.82, 2.24) is 0 Å². The summed E-state index contributed by atoms with van der Waals surface area (Å²) in [4.78, 5) is 0.403. The molecule has 0 amide bonds. The van der Waals surface area contributed by atoms with Gasteiger partial charge in [-0.05, 0) is 31.0 Å². The minimum Gasteiger partial charge on any atom is -0.379 e. The van der Waals surface area contributed by atoms with Crippen molar-refractivity contribution < 1.29 is 8.42 Å². The SMILES string of the molecule is Cc1ccc2c(c1C)NC(CN)CS2(=O)=O. The highest BCUT2D eigenvalue weighted by Gasteiger charge is 2.30. The number of fused-ring (bicyclic) bond motifs is 1. The van der Waals surface area contributed by atoms with E-state index in [0.29, 0.717) is 11.4 Å². The van der Waals surface area contributed by atoms with E-state index in [1.54, 1.807) is 6.07 Å². The van der Waals surface area contributed by atoms with Gasteiger partial charge in [-0.3, -0.25) is 0 Å². The molecular weight excluding hydrogens is 224 g/mol. The van der Waals surface area contributed by atoms with E-state index in [1.165, 1.54) is 0 Å². The van der Waals surface area contributed by atoms with Crippen LogP contribution in [-0.4, -0.2) is 26.8 Å². The maximum atomic E-state index is 12.0. The summed E-state index contributed by atoms with van der Waals surface area (Å²) in [6, 6.07) is 3.33. The topological polar surface area (TPSA) is 72.2 Å². The van der Waals surface area contributed by atoms with Gasteiger partial charge in [-0.1, -0.05) is 6.07 Å². The van der Waals surface area contributed by atoms with Gasteiger partial charge < -0.3 is 11.1 Å². The van der Waals surface area contributed by atoms with Crippen molar-refractivity contribution in [3.63, 3.8) is 0 Å². The quantitative estimate of drug-likeness (QED) is 0.762. The molecule has 0 aromatic heterocycles. The van der Waals surface area contributed by atoms with Crippen molar-refractivity contribution >= 4 is 15.5 Å². The number of aryl methyl sites for hydroxylation is 1. The molecular formula is C11H16N2O2S. The molecule has 0 spiro atoms. The Kier molecular flexibility index (Phi) is 2.67. The Morgan fingerprint density at radius 2 is 2.12 bits per heavy atom. The lowest BCUT2D eigenvalue weighted by atomic mass is 10.1. The summed E-state index contributed by atoms with van der Waals surface area (Å²) in [6.45, 7) is 4.22. The molecule has 1 aromatic carbocycles. The van der Waals surface area contributed by atoms with Gasteiger partial charge >= 0.3 is 0 Å². The molecule has 1 aromatic rings. The van der Waals surface area contributed by atoms with Crippen molar-refractivity contribution in [1.29, 1.82) is 0 Å². The summed E-state index contributed by atoms with van der Waals surface area (Å²) in [5.74, 6) is 0.0823. The molecule has 1 heterocycles. The lowest BCUT2D eigenvalue weighted by Gasteiger charge is -2.27. The van der Waals surface area contributed by atoms with Gasteiger partial charge in [0.25, 0.3) is 0 Å². The Bertz CT molecular complexity index is 523. The fraction of sp³-hybridized carbons (Fsp3) is 0.455. The third-order valence-electron chi connectivity index (χ3n) is 3.09. The molecule has 88 valence electrons. The number of benzene rings is 1. The van der Waals surface area contributed by atoms with Gasteiger partial charge in [0.15, 0.2) is 9.84 Å². The van der Waals surface area contributed by atoms with Crippen LogP contribution in [0, 0.1) is 13.8 Å². The van der Waals surface area contributed by atoms with Gasteiger partial charge in [0.05, 0.1) is 22.4 Å². The Labute approximate surface area is 95.8 Å². The average Bonchev–Trinajstić information content (AvgIpc) is 2.22. The van der Waals surface area contributed by atoms with E-state index in [0.717, 1.165) is 16.8 Å². The van der Waals surface area contributed by atoms with E-state index in [-0.39, 0.29) is 11.8 Å². The maximum Gasteiger partial charge on any atom is 0.182 e. The Balaban J connectivity index is 2.64. The predicted octanol–water partition coefficient (Wildman–Crippen LogP) is 0.830. The van der Waals surface area contributed by atoms with Gasteiger partial charge in [-0.25, -0.2) is 8.42 Å². The number of nitrogens with two attached hydrogens (primary N) is 1. The van der Waals surface area contributed by atoms with Crippen LogP contribution in [-0.2, 0) is 9.84 Å². The highest BCUT2D eigenvalue weighted by Crippen LogP contribution is 2.32. The second-order valence-corrected chi connectivity index (χ2v) is 6.24. The zero-order valence-electron chi connectivity index (χ0n) is 9.45. The first kappa shape index (κ1) is 11.4. The third-order valence-corrected chi connectivity index (χ3v) is 4.94. The third kappa shape index (κ3) is 1.70. The number of sulfone groups is 1. The molecule has 16 heavy (non-hydrogen) atoms. The minimum absolute atomic E-state index is 0.0823. The molecule has 0 saturated heterocycles. The molecule has 0 aliphatic carbocycles. The van der Waals surface area contributed by atoms with Crippen LogP contribution in [0.4, 0.5) is 5.69 Å². The van der Waals surface area contributed by atoms with E-state index < -0.39 is 9.84 Å². The molecule has 5 heteroatoms. The molecule has 4 nitrogen and oxygen atoms in total. The molecule has 0 fully saturated rings. The van der Waals surface area contributed by atoms with Crippen LogP contribution < -0.4 is 11.1 Å². The van der Waals surface area contributed by atoms with E-state index in [2.05, 4.69) is 5.32 Å². The molecule has 0 radical (unpaired) electrons. The summed E-state index contributed by atoms with van der Waals surface area (Å²) in [7, 11) is -3.19. The smallest absolute Gasteiger partial charge is 0.182 e. The van der Waals surface area contributed by atoms with Gasteiger partial charge in [-0.15, -0.1) is 0 Å². The zero-order chi connectivity index (χ0) is 11.9. The normalized spacial score (nSPS) is 22.3. The molecule has 0 saturated carbocycles. The van der Waals surface area contributed by atoms with Crippen LogP contribution in [0.1, 0.15) is 11.1 Å². The number of nitrogens with one attached hydrogen (secondary N) is 1. The second kappa shape index (κ2) is 3.75. The van der Waals surface area contributed by atoms with E-state index >= 15 is 0 Å². The maximum absolute atomic E-state index is 12.0. The standard InChI is InChI=1S/C11H16N2O2S/c1-7-3-4-10-11(8(7)2)13-9(5-12)6-16(10,14)15/h3-4,9,13H,5-6,12H2,1-2H3. The van der Waals surface area contributed by atoms with Crippen LogP contribution in [0.5, 0.6) is 0 Å². The molecule has 2 rings (SSSR count). The van der Waals surface area contributed by atoms with E-state index in [1.807, 2.05) is 19.9 Å². The zero-order valence-corrected chi connectivity index (χ0v) is 10.3. The highest BCUT2D eigenvalue weighted by molar-refractivity contribution is 7.91. The summed E-state index contributed by atoms with van der Waals surface area (Å²) in [5.41, 5.74) is 8.33. The summed E-state index contributed by atoms with van der Waals surface area (Å²) in [6.07, 6.45) is 0. The summed E-state index contributed by atoms with van der Waals surface area (Å²) < 4.78 is 24.0. The van der Waals surface area contributed by atoms with E-state index in [9.17, 15) is 8.42 Å². The largest absolute Gasteiger partial charge is 0.379 e. The van der Waals surface area contributed by atoms with Crippen molar-refractivity contribution in [3.8, 4) is 0 Å². The first-order valence-corrected chi connectivity index (χ1v) is 6.90. The number of anilines is 1. The Morgan fingerprint density at radius 3 is 2.75 bits per heavy atom. The minimum atomic E-state index is -3.19. The highest BCUT2D eigenvalue weighted by atomic mass is 32.2. The van der Waals surface area contributed by atoms with Gasteiger partial charge in [-0.2, -0.15) is 0 Å². The van der Waals surface area contributed by atoms with E-state index in [4.69, 9.17) is 5.73 Å². The molecule has 1 aliphatic rings. The van der Waals surface area contributed by atoms with Crippen LogP contribution >= 0.6 is 0 Å². The second-order valence-electron chi connectivity index (χ2n) is 4.24. The lowest BCUT2D eigenvalue weighted by molar-refractivity contribution is 0.585. The van der Waals surface area contributed by atoms with Crippen molar-refractivity contribution in [2.45, 2.75) is 24.8 Å². The van der Waals surface area contributed by atoms with Gasteiger partial charge in [0.1, 0.15) is 0 Å². The predicted molar refractivity (Wildman–Crippen MR) is 64.4 cm³/mol. The molecule has 0 bridgehead atoms. The molecule has 1 unspecified atom stereocenters. The van der Waals surface area contributed by atoms with Crippen LogP contribution in [0.15, 0.2) is 17.0 Å². The number of hydrogen-bond donors (Lipinski definition) is 2. The molecule has 3 N–H and O–H groups in total. The first-order chi connectivity index (χ1) is 7.45. The van der Waals surface area contributed by atoms with Crippen LogP contribution in [0.2, 0.25) is 0 Å². The number of hydrogen-bond acceptors (Lipinski definition) is 4. The fourth-order valence-electron chi connectivity index (χ4n) is 1.96. The molecule has 1 atom stereocenters. The van der Waals surface area contributed by atoms with Crippen molar-refractivity contribution in [3.05, 3.63) is 23.3 Å². The lowest BCUT2D eigenvalue weighted by Crippen LogP contribution is -2.40. The van der Waals surface area contributed by atoms with Crippen molar-refractivity contribution in [2.75, 3.05) is 17.6 Å². The summed E-state index contributed by atoms with van der Waals surface area (Å²) >= 11 is 0. The van der Waals surface area contributed by atoms with Crippen LogP contribution in [0.25, 0.3) is 0 Å². The Morgan fingerprint density at radius 1 is 1.44 bits per heavy atom. The first-order valence-electron chi connectivity index (χ1n) is 5.25. The fourth-order valence-corrected chi connectivity index (χ4v) is 3.68. The number of rotatable bonds is 1. The average molecular weight is 240 g/mol.